The van der Waals surface area contributed by atoms with Crippen molar-refractivity contribution in [3.05, 3.63) is 59.2 Å². The molecule has 1 atom stereocenters. The largest absolute Gasteiger partial charge is 0.495 e. The third kappa shape index (κ3) is 2.89. The van der Waals surface area contributed by atoms with Crippen molar-refractivity contribution < 1.29 is 9.13 Å². The Kier molecular flexibility index (Phi) is 4.09. The van der Waals surface area contributed by atoms with Gasteiger partial charge in [0.1, 0.15) is 11.6 Å². The highest BCUT2D eigenvalue weighted by Crippen LogP contribution is 2.26. The lowest BCUT2D eigenvalue weighted by Gasteiger charge is -2.19. The van der Waals surface area contributed by atoms with Crippen LogP contribution >= 0.6 is 0 Å². The summed E-state index contributed by atoms with van der Waals surface area (Å²) in [5.74, 6) is 5.94. The van der Waals surface area contributed by atoms with E-state index in [-0.39, 0.29) is 11.9 Å². The first-order valence-corrected chi connectivity index (χ1v) is 5.87. The van der Waals surface area contributed by atoms with Crippen LogP contribution in [0, 0.1) is 12.7 Å². The number of aromatic nitrogens is 1. The second-order valence-electron chi connectivity index (χ2n) is 4.26. The number of nitrogens with zero attached hydrogens (tertiary/aromatic N) is 1. The number of pyridine rings is 1. The molecule has 1 unspecified atom stereocenters. The van der Waals surface area contributed by atoms with E-state index in [1.807, 2.05) is 13.0 Å². The molecule has 0 spiro atoms. The maximum absolute atomic E-state index is 13.4. The molecule has 0 radical (unpaired) electrons. The van der Waals surface area contributed by atoms with Gasteiger partial charge in [0, 0.05) is 6.20 Å². The zero-order valence-corrected chi connectivity index (χ0v) is 10.9. The molecule has 2 aromatic rings. The highest BCUT2D eigenvalue weighted by atomic mass is 19.1. The Hall–Kier alpha value is -1.98. The number of methoxy groups -OCH3 is 1. The summed E-state index contributed by atoms with van der Waals surface area (Å²) in [7, 11) is 1.57. The van der Waals surface area contributed by atoms with E-state index < -0.39 is 0 Å². The number of nitrogens with one attached hydrogen (secondary N) is 1. The van der Waals surface area contributed by atoms with Crippen molar-refractivity contribution in [2.24, 2.45) is 5.84 Å². The first kappa shape index (κ1) is 13.5. The minimum atomic E-state index is -0.335. The third-order valence-electron chi connectivity index (χ3n) is 3.02. The molecule has 2 rings (SSSR count). The van der Waals surface area contributed by atoms with Gasteiger partial charge in [0.25, 0.3) is 0 Å². The molecular formula is C14H16FN3O. The van der Waals surface area contributed by atoms with Gasteiger partial charge in [-0.05, 0) is 41.8 Å². The van der Waals surface area contributed by atoms with E-state index in [1.165, 1.54) is 12.1 Å². The molecule has 3 N–H and O–H groups in total. The number of hydrazine groups is 1. The van der Waals surface area contributed by atoms with E-state index in [1.54, 1.807) is 25.6 Å². The van der Waals surface area contributed by atoms with Gasteiger partial charge in [-0.25, -0.2) is 9.82 Å². The van der Waals surface area contributed by atoms with Gasteiger partial charge in [0.05, 0.1) is 19.3 Å². The molecule has 0 aliphatic heterocycles. The molecule has 0 bridgehead atoms. The molecule has 0 aliphatic rings. The summed E-state index contributed by atoms with van der Waals surface area (Å²) >= 11 is 0. The maximum Gasteiger partial charge on any atom is 0.137 e. The summed E-state index contributed by atoms with van der Waals surface area (Å²) in [4.78, 5) is 4.09. The summed E-state index contributed by atoms with van der Waals surface area (Å²) in [5, 5.41) is 0. The fourth-order valence-corrected chi connectivity index (χ4v) is 1.99. The number of hydrogen-bond donors (Lipinski definition) is 2. The summed E-state index contributed by atoms with van der Waals surface area (Å²) < 4.78 is 18.5. The van der Waals surface area contributed by atoms with Crippen LogP contribution in [0.2, 0.25) is 0 Å². The lowest BCUT2D eigenvalue weighted by Crippen LogP contribution is -2.29. The quantitative estimate of drug-likeness (QED) is 0.653. The van der Waals surface area contributed by atoms with Gasteiger partial charge in [-0.3, -0.25) is 10.8 Å². The molecule has 0 aliphatic carbocycles. The van der Waals surface area contributed by atoms with Gasteiger partial charge in [0.15, 0.2) is 0 Å². The van der Waals surface area contributed by atoms with Crippen molar-refractivity contribution in [2.75, 3.05) is 7.11 Å². The zero-order chi connectivity index (χ0) is 13.8. The number of hydrogen-bond acceptors (Lipinski definition) is 4. The second-order valence-corrected chi connectivity index (χ2v) is 4.26. The number of nitrogens with two attached hydrogens (primary N) is 1. The molecule has 100 valence electrons. The van der Waals surface area contributed by atoms with Crippen LogP contribution in [-0.4, -0.2) is 12.1 Å². The Morgan fingerprint density at radius 3 is 2.79 bits per heavy atom. The number of ether oxygens (including phenoxy) is 1. The number of aryl methyl sites for hydroxylation is 1. The molecule has 4 nitrogen and oxygen atoms in total. The van der Waals surface area contributed by atoms with Crippen LogP contribution in [0.1, 0.15) is 22.7 Å². The summed E-state index contributed by atoms with van der Waals surface area (Å²) in [6.45, 7) is 1.91. The molecular weight excluding hydrogens is 245 g/mol. The van der Waals surface area contributed by atoms with Crippen molar-refractivity contribution in [1.29, 1.82) is 0 Å². The monoisotopic (exact) mass is 261 g/mol. The van der Waals surface area contributed by atoms with Crippen molar-refractivity contribution in [1.82, 2.24) is 10.4 Å². The Bertz CT molecular complexity index is 574. The number of benzene rings is 1. The van der Waals surface area contributed by atoms with Gasteiger partial charge in [-0.1, -0.05) is 6.07 Å². The predicted molar refractivity (Wildman–Crippen MR) is 71.1 cm³/mol. The Balaban J connectivity index is 2.46. The van der Waals surface area contributed by atoms with Gasteiger partial charge < -0.3 is 4.74 Å². The zero-order valence-electron chi connectivity index (χ0n) is 10.9. The molecule has 1 aromatic carbocycles. The van der Waals surface area contributed by atoms with E-state index in [0.717, 1.165) is 16.7 Å². The average Bonchev–Trinajstić information content (AvgIpc) is 2.44. The highest BCUT2D eigenvalue weighted by Gasteiger charge is 2.16. The third-order valence-corrected chi connectivity index (χ3v) is 3.02. The molecule has 0 amide bonds. The molecule has 0 fully saturated rings. The fourth-order valence-electron chi connectivity index (χ4n) is 1.99. The van der Waals surface area contributed by atoms with Gasteiger partial charge >= 0.3 is 0 Å². The summed E-state index contributed by atoms with van der Waals surface area (Å²) in [6.07, 6.45) is 3.28. The van der Waals surface area contributed by atoms with E-state index >= 15 is 0 Å². The Morgan fingerprint density at radius 2 is 2.11 bits per heavy atom. The molecule has 19 heavy (non-hydrogen) atoms. The van der Waals surface area contributed by atoms with E-state index in [2.05, 4.69) is 10.4 Å². The number of halogens is 1. The topological polar surface area (TPSA) is 60.2 Å². The SMILES string of the molecule is COc1cncc(C(NN)c2cc(F)ccc2C)c1. The standard InChI is InChI=1S/C14H16FN3O/c1-9-3-4-11(15)6-13(9)14(18-16)10-5-12(19-2)8-17-7-10/h3-8,14,18H,16H2,1-2H3. The summed E-state index contributed by atoms with van der Waals surface area (Å²) in [6, 6.07) is 6.11. The average molecular weight is 261 g/mol. The van der Waals surface area contributed by atoms with Crippen molar-refractivity contribution in [2.45, 2.75) is 13.0 Å². The lowest BCUT2D eigenvalue weighted by atomic mass is 9.96. The highest BCUT2D eigenvalue weighted by molar-refractivity contribution is 5.38. The van der Waals surface area contributed by atoms with Crippen molar-refractivity contribution in [3.8, 4) is 5.75 Å². The second kappa shape index (κ2) is 5.77. The molecule has 1 aromatic heterocycles. The van der Waals surface area contributed by atoms with Crippen LogP contribution < -0.4 is 16.0 Å². The first-order chi connectivity index (χ1) is 9.15. The normalized spacial score (nSPS) is 12.2. The van der Waals surface area contributed by atoms with Crippen LogP contribution in [0.4, 0.5) is 4.39 Å². The minimum Gasteiger partial charge on any atom is -0.495 e. The lowest BCUT2D eigenvalue weighted by molar-refractivity contribution is 0.411. The van der Waals surface area contributed by atoms with Crippen LogP contribution in [0.5, 0.6) is 5.75 Å². The number of rotatable bonds is 4. The van der Waals surface area contributed by atoms with Crippen LogP contribution in [-0.2, 0) is 0 Å². The van der Waals surface area contributed by atoms with Crippen molar-refractivity contribution in [3.63, 3.8) is 0 Å². The Morgan fingerprint density at radius 1 is 1.32 bits per heavy atom. The van der Waals surface area contributed by atoms with E-state index in [9.17, 15) is 4.39 Å². The van der Waals surface area contributed by atoms with E-state index in [4.69, 9.17) is 10.6 Å². The van der Waals surface area contributed by atoms with Gasteiger partial charge in [-0.2, -0.15) is 0 Å². The minimum absolute atomic E-state index is 0.295. The van der Waals surface area contributed by atoms with Crippen LogP contribution in [0.25, 0.3) is 0 Å². The molecule has 0 saturated carbocycles. The Labute approximate surface area is 111 Å². The van der Waals surface area contributed by atoms with Crippen LogP contribution in [0.3, 0.4) is 0 Å². The van der Waals surface area contributed by atoms with Crippen molar-refractivity contribution >= 4 is 0 Å². The molecule has 0 saturated heterocycles. The summed E-state index contributed by atoms with van der Waals surface area (Å²) in [5.41, 5.74) is 5.23. The fraction of sp³-hybridized carbons (Fsp3) is 0.214. The molecule has 1 heterocycles. The molecule has 5 heteroatoms. The smallest absolute Gasteiger partial charge is 0.137 e. The van der Waals surface area contributed by atoms with Crippen LogP contribution in [0.15, 0.2) is 36.7 Å². The predicted octanol–water partition coefficient (Wildman–Crippen LogP) is 2.09. The maximum atomic E-state index is 13.4. The first-order valence-electron chi connectivity index (χ1n) is 5.87. The van der Waals surface area contributed by atoms with E-state index in [0.29, 0.717) is 5.75 Å². The van der Waals surface area contributed by atoms with Gasteiger partial charge in [0.2, 0.25) is 0 Å². The van der Waals surface area contributed by atoms with Gasteiger partial charge in [-0.15, -0.1) is 0 Å².